The second kappa shape index (κ2) is 3.30. The molecule has 0 fully saturated rings. The van der Waals surface area contributed by atoms with Crippen molar-refractivity contribution in [3.8, 4) is 11.3 Å². The van der Waals surface area contributed by atoms with Gasteiger partial charge in [0.15, 0.2) is 5.82 Å². The SMILES string of the molecule is Nc1ncnn2c(-c3ccncc3)ccc12. The van der Waals surface area contributed by atoms with Gasteiger partial charge >= 0.3 is 0 Å². The number of nitrogens with zero attached hydrogens (tertiary/aromatic N) is 4. The maximum absolute atomic E-state index is 5.76. The van der Waals surface area contributed by atoms with Gasteiger partial charge in [-0.05, 0) is 24.3 Å². The van der Waals surface area contributed by atoms with Crippen LogP contribution in [0.5, 0.6) is 0 Å². The van der Waals surface area contributed by atoms with Gasteiger partial charge in [-0.2, -0.15) is 5.10 Å². The van der Waals surface area contributed by atoms with Crippen molar-refractivity contribution >= 4 is 11.3 Å². The number of aromatic nitrogens is 4. The summed E-state index contributed by atoms with van der Waals surface area (Å²) in [5, 5.41) is 4.18. The average molecular weight is 211 g/mol. The van der Waals surface area contributed by atoms with E-state index in [0.29, 0.717) is 5.82 Å². The van der Waals surface area contributed by atoms with E-state index in [1.165, 1.54) is 6.33 Å². The Morgan fingerprint density at radius 2 is 1.88 bits per heavy atom. The quantitative estimate of drug-likeness (QED) is 0.660. The standard InChI is InChI=1S/C11H9N5/c12-11-10-2-1-9(16(10)15-7-14-11)8-3-5-13-6-4-8/h1-7H,(H2,12,14,15). The molecule has 3 aromatic rings. The van der Waals surface area contributed by atoms with E-state index in [9.17, 15) is 0 Å². The maximum atomic E-state index is 5.76. The van der Waals surface area contributed by atoms with Crippen LogP contribution in [0.4, 0.5) is 5.82 Å². The highest BCUT2D eigenvalue weighted by atomic mass is 15.2. The molecule has 0 aliphatic heterocycles. The van der Waals surface area contributed by atoms with Crippen LogP contribution in [-0.4, -0.2) is 19.6 Å². The molecule has 0 saturated heterocycles. The van der Waals surface area contributed by atoms with Crippen molar-refractivity contribution in [1.29, 1.82) is 0 Å². The molecule has 0 spiro atoms. The normalized spacial score (nSPS) is 10.8. The van der Waals surface area contributed by atoms with Gasteiger partial charge in [0.25, 0.3) is 0 Å². The number of nitrogens with two attached hydrogens (primary N) is 1. The molecule has 0 unspecified atom stereocenters. The largest absolute Gasteiger partial charge is 0.382 e. The van der Waals surface area contributed by atoms with Gasteiger partial charge < -0.3 is 5.73 Å². The minimum Gasteiger partial charge on any atom is -0.382 e. The van der Waals surface area contributed by atoms with Crippen molar-refractivity contribution < 1.29 is 0 Å². The number of fused-ring (bicyclic) bond motifs is 1. The Morgan fingerprint density at radius 1 is 1.06 bits per heavy atom. The lowest BCUT2D eigenvalue weighted by Gasteiger charge is -2.01. The van der Waals surface area contributed by atoms with Crippen molar-refractivity contribution in [3.63, 3.8) is 0 Å². The molecular formula is C11H9N5. The number of pyridine rings is 1. The third-order valence-corrected chi connectivity index (χ3v) is 2.46. The molecule has 3 rings (SSSR count). The molecule has 0 amide bonds. The minimum absolute atomic E-state index is 0.482. The first-order valence-electron chi connectivity index (χ1n) is 4.85. The Labute approximate surface area is 91.6 Å². The molecule has 0 bridgehead atoms. The number of rotatable bonds is 1. The van der Waals surface area contributed by atoms with Crippen LogP contribution in [0.1, 0.15) is 0 Å². The van der Waals surface area contributed by atoms with E-state index in [-0.39, 0.29) is 0 Å². The molecule has 3 aromatic heterocycles. The van der Waals surface area contributed by atoms with Crippen LogP contribution >= 0.6 is 0 Å². The molecule has 0 atom stereocenters. The number of nitrogen functional groups attached to an aromatic ring is 1. The van der Waals surface area contributed by atoms with Gasteiger partial charge in [0.05, 0.1) is 5.69 Å². The maximum Gasteiger partial charge on any atom is 0.151 e. The predicted octanol–water partition coefficient (Wildman–Crippen LogP) is 1.37. The van der Waals surface area contributed by atoms with Crippen molar-refractivity contribution in [3.05, 3.63) is 43.0 Å². The Hall–Kier alpha value is -2.43. The lowest BCUT2D eigenvalue weighted by molar-refractivity contribution is 0.914. The molecule has 5 nitrogen and oxygen atoms in total. The summed E-state index contributed by atoms with van der Waals surface area (Å²) in [5.74, 6) is 0.482. The minimum atomic E-state index is 0.482. The second-order valence-electron chi connectivity index (χ2n) is 3.40. The van der Waals surface area contributed by atoms with Gasteiger partial charge in [-0.3, -0.25) is 4.98 Å². The summed E-state index contributed by atoms with van der Waals surface area (Å²) in [6.45, 7) is 0. The third kappa shape index (κ3) is 1.22. The Balaban J connectivity index is 2.30. The van der Waals surface area contributed by atoms with E-state index < -0.39 is 0 Å². The fourth-order valence-electron chi connectivity index (χ4n) is 1.69. The van der Waals surface area contributed by atoms with Gasteiger partial charge in [0.1, 0.15) is 11.8 Å². The van der Waals surface area contributed by atoms with Crippen LogP contribution in [0, 0.1) is 0 Å². The summed E-state index contributed by atoms with van der Waals surface area (Å²) in [5.41, 5.74) is 8.60. The fourth-order valence-corrected chi connectivity index (χ4v) is 1.69. The van der Waals surface area contributed by atoms with Crippen molar-refractivity contribution in [2.24, 2.45) is 0 Å². The van der Waals surface area contributed by atoms with Gasteiger partial charge in [-0.25, -0.2) is 9.50 Å². The lowest BCUT2D eigenvalue weighted by atomic mass is 10.2. The van der Waals surface area contributed by atoms with E-state index >= 15 is 0 Å². The zero-order valence-corrected chi connectivity index (χ0v) is 8.41. The summed E-state index contributed by atoms with van der Waals surface area (Å²) in [7, 11) is 0. The zero-order valence-electron chi connectivity index (χ0n) is 8.41. The highest BCUT2D eigenvalue weighted by Gasteiger charge is 2.07. The van der Waals surface area contributed by atoms with Gasteiger partial charge in [-0.1, -0.05) is 0 Å². The first-order chi connectivity index (χ1) is 7.86. The summed E-state index contributed by atoms with van der Waals surface area (Å²) < 4.78 is 1.78. The third-order valence-electron chi connectivity index (χ3n) is 2.46. The van der Waals surface area contributed by atoms with Gasteiger partial charge in [-0.15, -0.1) is 0 Å². The molecule has 3 heterocycles. The molecule has 0 radical (unpaired) electrons. The molecular weight excluding hydrogens is 202 g/mol. The highest BCUT2D eigenvalue weighted by molar-refractivity contribution is 5.72. The van der Waals surface area contributed by atoms with Crippen LogP contribution in [0.2, 0.25) is 0 Å². The lowest BCUT2D eigenvalue weighted by Crippen LogP contribution is -1.99. The van der Waals surface area contributed by atoms with Crippen LogP contribution < -0.4 is 5.73 Å². The van der Waals surface area contributed by atoms with Crippen LogP contribution in [0.25, 0.3) is 16.8 Å². The van der Waals surface area contributed by atoms with Gasteiger partial charge in [0, 0.05) is 18.0 Å². The Bertz CT molecular complexity index is 629. The molecule has 78 valence electrons. The van der Waals surface area contributed by atoms with Crippen molar-refractivity contribution in [2.45, 2.75) is 0 Å². The van der Waals surface area contributed by atoms with E-state index in [0.717, 1.165) is 16.8 Å². The molecule has 0 aliphatic rings. The summed E-state index contributed by atoms with van der Waals surface area (Å²) in [6, 6.07) is 7.74. The zero-order chi connectivity index (χ0) is 11.0. The fraction of sp³-hybridized carbons (Fsp3) is 0. The van der Waals surface area contributed by atoms with E-state index in [1.807, 2.05) is 24.3 Å². The van der Waals surface area contributed by atoms with E-state index in [2.05, 4.69) is 15.1 Å². The smallest absolute Gasteiger partial charge is 0.151 e. The highest BCUT2D eigenvalue weighted by Crippen LogP contribution is 2.22. The molecule has 5 heteroatoms. The monoisotopic (exact) mass is 211 g/mol. The summed E-state index contributed by atoms with van der Waals surface area (Å²) in [4.78, 5) is 7.93. The van der Waals surface area contributed by atoms with E-state index in [4.69, 9.17) is 5.73 Å². The summed E-state index contributed by atoms with van der Waals surface area (Å²) >= 11 is 0. The molecule has 2 N–H and O–H groups in total. The first kappa shape index (κ1) is 8.84. The molecule has 16 heavy (non-hydrogen) atoms. The van der Waals surface area contributed by atoms with Crippen LogP contribution in [0.3, 0.4) is 0 Å². The number of hydrogen-bond acceptors (Lipinski definition) is 4. The Kier molecular flexibility index (Phi) is 1.83. The first-order valence-corrected chi connectivity index (χ1v) is 4.85. The van der Waals surface area contributed by atoms with E-state index in [1.54, 1.807) is 16.9 Å². The van der Waals surface area contributed by atoms with Crippen LogP contribution in [-0.2, 0) is 0 Å². The predicted molar refractivity (Wildman–Crippen MR) is 60.6 cm³/mol. The van der Waals surface area contributed by atoms with Crippen molar-refractivity contribution in [1.82, 2.24) is 19.6 Å². The summed E-state index contributed by atoms with van der Waals surface area (Å²) in [6.07, 6.45) is 4.95. The number of hydrogen-bond donors (Lipinski definition) is 1. The second-order valence-corrected chi connectivity index (χ2v) is 3.40. The molecule has 0 aliphatic carbocycles. The Morgan fingerprint density at radius 3 is 2.69 bits per heavy atom. The topological polar surface area (TPSA) is 69.1 Å². The van der Waals surface area contributed by atoms with Crippen molar-refractivity contribution in [2.75, 3.05) is 5.73 Å². The molecule has 0 aromatic carbocycles. The number of anilines is 1. The molecule has 0 saturated carbocycles. The van der Waals surface area contributed by atoms with Crippen LogP contribution in [0.15, 0.2) is 43.0 Å². The average Bonchev–Trinajstić information content (AvgIpc) is 2.75. The van der Waals surface area contributed by atoms with Gasteiger partial charge in [0.2, 0.25) is 0 Å².